The molecule has 39 heavy (non-hydrogen) atoms. The maximum absolute atomic E-state index is 11.2. The number of aromatic nitrogens is 2. The highest BCUT2D eigenvalue weighted by molar-refractivity contribution is 7.07. The van der Waals surface area contributed by atoms with Crippen molar-refractivity contribution in [1.29, 1.82) is 0 Å². The summed E-state index contributed by atoms with van der Waals surface area (Å²) in [6.45, 7) is 10.4. The first-order chi connectivity index (χ1) is 18.7. The Morgan fingerprint density at radius 1 is 0.872 bits per heavy atom. The third-order valence-electron chi connectivity index (χ3n) is 6.70. The minimum atomic E-state index is -0.394. The highest BCUT2D eigenvalue weighted by Crippen LogP contribution is 2.25. The third-order valence-corrected chi connectivity index (χ3v) is 7.52. The predicted octanol–water partition coefficient (Wildman–Crippen LogP) is 7.57. The van der Waals surface area contributed by atoms with Crippen molar-refractivity contribution in [2.75, 3.05) is 0 Å². The van der Waals surface area contributed by atoms with E-state index in [-0.39, 0.29) is 5.69 Å². The minimum absolute atomic E-state index is 0.0489. The summed E-state index contributed by atoms with van der Waals surface area (Å²) in [5.41, 5.74) is 10.3. The summed E-state index contributed by atoms with van der Waals surface area (Å²) in [4.78, 5) is 16.4. The quantitative estimate of drug-likeness (QED) is 0.128. The van der Waals surface area contributed by atoms with Crippen LogP contribution in [-0.2, 0) is 0 Å². The largest absolute Gasteiger partial charge is 0.318 e. The van der Waals surface area contributed by atoms with Crippen LogP contribution in [0.1, 0.15) is 33.6 Å². The SMILES string of the molecule is Cc1ccc(-n2c(C)cc(C=Nn3c(-c4ccc([N+](=O)[O-])cc4)csc3=Nc3ccc(C)cc3C)c2C)cc1. The van der Waals surface area contributed by atoms with Gasteiger partial charge in [0.15, 0.2) is 0 Å². The van der Waals surface area contributed by atoms with Crippen LogP contribution < -0.4 is 4.80 Å². The van der Waals surface area contributed by atoms with E-state index in [1.807, 2.05) is 35.3 Å². The summed E-state index contributed by atoms with van der Waals surface area (Å²) in [6.07, 6.45) is 1.86. The highest BCUT2D eigenvalue weighted by Gasteiger charge is 2.13. The van der Waals surface area contributed by atoms with Crippen molar-refractivity contribution in [1.82, 2.24) is 9.24 Å². The molecular weight excluding hydrogens is 506 g/mol. The number of hydrogen-bond acceptors (Lipinski definition) is 5. The molecule has 0 radical (unpaired) electrons. The predicted molar refractivity (Wildman–Crippen MR) is 159 cm³/mol. The Labute approximate surface area is 231 Å². The lowest BCUT2D eigenvalue weighted by Gasteiger charge is -2.10. The molecule has 2 heterocycles. The fourth-order valence-corrected chi connectivity index (χ4v) is 5.45. The van der Waals surface area contributed by atoms with Gasteiger partial charge in [0.1, 0.15) is 0 Å². The molecule has 196 valence electrons. The van der Waals surface area contributed by atoms with Gasteiger partial charge in [-0.2, -0.15) is 5.10 Å². The van der Waals surface area contributed by atoms with Crippen LogP contribution in [0.4, 0.5) is 11.4 Å². The van der Waals surface area contributed by atoms with Crippen molar-refractivity contribution in [2.24, 2.45) is 10.1 Å². The van der Waals surface area contributed by atoms with E-state index in [1.54, 1.807) is 12.1 Å². The second-order valence-corrected chi connectivity index (χ2v) is 10.5. The number of hydrogen-bond donors (Lipinski definition) is 0. The van der Waals surface area contributed by atoms with Crippen LogP contribution in [0.2, 0.25) is 0 Å². The molecule has 0 atom stereocenters. The molecule has 3 aromatic carbocycles. The number of nitro benzene ring substituents is 1. The van der Waals surface area contributed by atoms with E-state index in [0.29, 0.717) is 4.80 Å². The molecule has 0 saturated carbocycles. The maximum Gasteiger partial charge on any atom is 0.269 e. The van der Waals surface area contributed by atoms with Crippen LogP contribution >= 0.6 is 11.3 Å². The molecule has 7 nitrogen and oxygen atoms in total. The van der Waals surface area contributed by atoms with Crippen molar-refractivity contribution >= 4 is 28.9 Å². The van der Waals surface area contributed by atoms with Crippen LogP contribution in [0.3, 0.4) is 0 Å². The minimum Gasteiger partial charge on any atom is -0.318 e. The van der Waals surface area contributed by atoms with Gasteiger partial charge < -0.3 is 4.57 Å². The Kier molecular flexibility index (Phi) is 7.13. The summed E-state index contributed by atoms with van der Waals surface area (Å²) < 4.78 is 4.03. The Morgan fingerprint density at radius 3 is 2.23 bits per heavy atom. The molecule has 0 bridgehead atoms. The van der Waals surface area contributed by atoms with Gasteiger partial charge in [-0.05, 0) is 76.6 Å². The maximum atomic E-state index is 11.2. The molecular formula is C31H29N5O2S. The van der Waals surface area contributed by atoms with E-state index >= 15 is 0 Å². The summed E-state index contributed by atoms with van der Waals surface area (Å²) >= 11 is 1.48. The van der Waals surface area contributed by atoms with Crippen LogP contribution in [0.25, 0.3) is 16.9 Å². The van der Waals surface area contributed by atoms with Gasteiger partial charge in [-0.15, -0.1) is 11.3 Å². The summed E-state index contributed by atoms with van der Waals surface area (Å²) in [5.74, 6) is 0. The molecule has 0 aliphatic heterocycles. The second kappa shape index (κ2) is 10.7. The van der Waals surface area contributed by atoms with Crippen LogP contribution in [-0.4, -0.2) is 20.4 Å². The van der Waals surface area contributed by atoms with Crippen LogP contribution in [0.15, 0.2) is 88.3 Å². The number of non-ortho nitro benzene ring substituents is 1. The van der Waals surface area contributed by atoms with Gasteiger partial charge in [0.2, 0.25) is 4.80 Å². The Bertz CT molecular complexity index is 1770. The van der Waals surface area contributed by atoms with Crippen molar-refractivity contribution in [3.8, 4) is 16.9 Å². The molecule has 5 rings (SSSR count). The standard InChI is InChI=1S/C31H29N5O2S/c1-20-6-11-27(12-7-20)34-23(4)17-26(24(34)5)18-32-35-30(25-9-13-28(14-10-25)36(37)38)19-39-31(35)33-29-15-8-21(2)16-22(29)3/h6-19H,1-5H3. The average Bonchev–Trinajstić information content (AvgIpc) is 3.44. The number of rotatable bonds is 6. The van der Waals surface area contributed by atoms with Gasteiger partial charge in [0, 0.05) is 45.7 Å². The number of aryl methyl sites for hydroxylation is 4. The molecule has 0 unspecified atom stereocenters. The van der Waals surface area contributed by atoms with Gasteiger partial charge in [-0.3, -0.25) is 10.1 Å². The first-order valence-electron chi connectivity index (χ1n) is 12.6. The smallest absolute Gasteiger partial charge is 0.269 e. The van der Waals surface area contributed by atoms with E-state index in [9.17, 15) is 10.1 Å². The topological polar surface area (TPSA) is 77.7 Å². The number of thiazole rings is 1. The molecule has 0 fully saturated rings. The highest BCUT2D eigenvalue weighted by atomic mass is 32.1. The Balaban J connectivity index is 1.62. The van der Waals surface area contributed by atoms with Gasteiger partial charge in [-0.25, -0.2) is 9.67 Å². The van der Waals surface area contributed by atoms with Gasteiger partial charge >= 0.3 is 0 Å². The lowest BCUT2D eigenvalue weighted by Crippen LogP contribution is -2.12. The zero-order chi connectivity index (χ0) is 27.7. The van der Waals surface area contributed by atoms with Gasteiger partial charge in [0.25, 0.3) is 5.69 Å². The third kappa shape index (κ3) is 5.37. The van der Waals surface area contributed by atoms with Gasteiger partial charge in [0.05, 0.1) is 22.5 Å². The fourth-order valence-electron chi connectivity index (χ4n) is 4.60. The molecule has 8 heteroatoms. The van der Waals surface area contributed by atoms with Crippen LogP contribution in [0, 0.1) is 44.7 Å². The fraction of sp³-hybridized carbons (Fsp3) is 0.161. The Morgan fingerprint density at radius 2 is 1.56 bits per heavy atom. The first kappa shape index (κ1) is 26.1. The Hall–Kier alpha value is -4.56. The molecule has 5 aromatic rings. The lowest BCUT2D eigenvalue weighted by molar-refractivity contribution is -0.384. The van der Waals surface area contributed by atoms with Gasteiger partial charge in [-0.1, -0.05) is 35.4 Å². The summed E-state index contributed by atoms with van der Waals surface area (Å²) in [6, 6.07) is 23.3. The number of nitro groups is 1. The number of benzene rings is 3. The molecule has 0 N–H and O–H groups in total. The first-order valence-corrected chi connectivity index (χ1v) is 13.5. The van der Waals surface area contributed by atoms with Crippen molar-refractivity contribution < 1.29 is 4.92 Å². The summed E-state index contributed by atoms with van der Waals surface area (Å²) in [5, 5.41) is 18.1. The lowest BCUT2D eigenvalue weighted by atomic mass is 10.1. The zero-order valence-corrected chi connectivity index (χ0v) is 23.4. The number of nitrogens with zero attached hydrogens (tertiary/aromatic N) is 5. The van der Waals surface area contributed by atoms with E-state index in [1.165, 1.54) is 34.6 Å². The van der Waals surface area contributed by atoms with E-state index in [4.69, 9.17) is 10.1 Å². The molecule has 2 aromatic heterocycles. The van der Waals surface area contributed by atoms with E-state index < -0.39 is 4.92 Å². The molecule has 0 aliphatic rings. The zero-order valence-electron chi connectivity index (χ0n) is 22.5. The van der Waals surface area contributed by atoms with E-state index in [0.717, 1.165) is 45.1 Å². The van der Waals surface area contributed by atoms with E-state index in [2.05, 4.69) is 68.7 Å². The molecule has 0 saturated heterocycles. The molecule has 0 amide bonds. The normalized spacial score (nSPS) is 12.0. The van der Waals surface area contributed by atoms with Crippen LogP contribution in [0.5, 0.6) is 0 Å². The summed E-state index contributed by atoms with van der Waals surface area (Å²) in [7, 11) is 0. The van der Waals surface area contributed by atoms with Crippen molar-refractivity contribution in [3.63, 3.8) is 0 Å². The van der Waals surface area contributed by atoms with Crippen molar-refractivity contribution in [3.05, 3.63) is 127 Å². The molecule has 0 spiro atoms. The monoisotopic (exact) mass is 535 g/mol. The molecule has 0 aliphatic carbocycles. The van der Waals surface area contributed by atoms with Crippen molar-refractivity contribution in [2.45, 2.75) is 34.6 Å². The average molecular weight is 536 g/mol. The second-order valence-electron chi connectivity index (χ2n) is 9.66.